The van der Waals surface area contributed by atoms with Gasteiger partial charge in [-0.05, 0) is 19.1 Å². The fraction of sp³-hybridized carbons (Fsp3) is 0.417. The van der Waals surface area contributed by atoms with Crippen molar-refractivity contribution >= 4 is 21.7 Å². The minimum atomic E-state index is -3.94. The number of hydrogen-bond donors (Lipinski definition) is 1. The molecule has 1 N–H and O–H groups in total. The monoisotopic (exact) mass is 285 g/mol. The maximum absolute atomic E-state index is 12.3. The Morgan fingerprint density at radius 2 is 2.11 bits per heavy atom. The van der Waals surface area contributed by atoms with Crippen molar-refractivity contribution in [3.8, 4) is 5.75 Å². The van der Waals surface area contributed by atoms with Crippen molar-refractivity contribution in [2.45, 2.75) is 18.6 Å². The molecule has 1 aliphatic heterocycles. The molecule has 0 radical (unpaired) electrons. The van der Waals surface area contributed by atoms with Crippen molar-refractivity contribution < 1.29 is 23.1 Å². The maximum Gasteiger partial charge on any atom is 0.323 e. The van der Waals surface area contributed by atoms with Gasteiger partial charge in [-0.3, -0.25) is 9.10 Å². The molecule has 0 spiro atoms. The lowest BCUT2D eigenvalue weighted by Crippen LogP contribution is -2.41. The number of hydrogen-bond acceptors (Lipinski definition) is 4. The van der Waals surface area contributed by atoms with Crippen molar-refractivity contribution in [2.24, 2.45) is 0 Å². The number of anilines is 1. The summed E-state index contributed by atoms with van der Waals surface area (Å²) in [6.45, 7) is 1.80. The molecule has 0 aromatic heterocycles. The zero-order valence-electron chi connectivity index (χ0n) is 10.4. The van der Waals surface area contributed by atoms with Crippen LogP contribution < -0.4 is 9.04 Å². The highest BCUT2D eigenvalue weighted by molar-refractivity contribution is 7.94. The molecule has 0 saturated heterocycles. The van der Waals surface area contributed by atoms with E-state index in [1.165, 1.54) is 6.92 Å². The number of para-hydroxylation sites is 2. The number of nitrogens with zero attached hydrogens (tertiary/aromatic N) is 1. The number of carboxylic acid groups (broad SMARTS) is 1. The van der Waals surface area contributed by atoms with Crippen LogP contribution in [0.2, 0.25) is 0 Å². The molecular weight excluding hydrogens is 270 g/mol. The molecule has 2 rings (SSSR count). The number of carboxylic acids is 1. The van der Waals surface area contributed by atoms with Crippen LogP contribution in [0.4, 0.5) is 5.69 Å². The van der Waals surface area contributed by atoms with E-state index < -0.39 is 21.2 Å². The molecule has 0 bridgehead atoms. The first-order valence-corrected chi connectivity index (χ1v) is 7.41. The minimum absolute atomic E-state index is 0.219. The SMILES string of the molecule is CC(C(=O)O)S(=O)(=O)N1CCCOc2ccccc21. The van der Waals surface area contributed by atoms with E-state index in [0.29, 0.717) is 24.5 Å². The van der Waals surface area contributed by atoms with Gasteiger partial charge in [0, 0.05) is 13.0 Å². The average Bonchev–Trinajstić information content (AvgIpc) is 2.60. The number of fused-ring (bicyclic) bond motifs is 1. The van der Waals surface area contributed by atoms with Gasteiger partial charge < -0.3 is 9.84 Å². The van der Waals surface area contributed by atoms with Gasteiger partial charge in [0.15, 0.2) is 5.25 Å². The van der Waals surface area contributed by atoms with E-state index in [0.717, 1.165) is 4.31 Å². The summed E-state index contributed by atoms with van der Waals surface area (Å²) in [6, 6.07) is 6.73. The topological polar surface area (TPSA) is 83.9 Å². The van der Waals surface area contributed by atoms with Crippen LogP contribution in [0.15, 0.2) is 24.3 Å². The minimum Gasteiger partial charge on any atom is -0.491 e. The summed E-state index contributed by atoms with van der Waals surface area (Å²) in [5, 5.41) is 7.44. The molecule has 19 heavy (non-hydrogen) atoms. The first-order valence-electron chi connectivity index (χ1n) is 5.91. The van der Waals surface area contributed by atoms with E-state index in [-0.39, 0.29) is 6.54 Å². The summed E-state index contributed by atoms with van der Waals surface area (Å²) in [7, 11) is -3.94. The third kappa shape index (κ3) is 2.51. The Morgan fingerprint density at radius 1 is 1.42 bits per heavy atom. The van der Waals surface area contributed by atoms with Crippen molar-refractivity contribution in [3.63, 3.8) is 0 Å². The van der Waals surface area contributed by atoms with Gasteiger partial charge in [-0.2, -0.15) is 0 Å². The van der Waals surface area contributed by atoms with Gasteiger partial charge in [-0.15, -0.1) is 0 Å². The van der Waals surface area contributed by atoms with Gasteiger partial charge in [-0.25, -0.2) is 8.42 Å². The lowest BCUT2D eigenvalue weighted by Gasteiger charge is -2.25. The highest BCUT2D eigenvalue weighted by atomic mass is 32.2. The molecule has 7 heteroatoms. The number of rotatable bonds is 3. The number of carbonyl (C=O) groups is 1. The lowest BCUT2D eigenvalue weighted by atomic mass is 10.3. The Labute approximate surface area is 111 Å². The summed E-state index contributed by atoms with van der Waals surface area (Å²) >= 11 is 0. The van der Waals surface area contributed by atoms with Gasteiger partial charge in [0.05, 0.1) is 12.3 Å². The van der Waals surface area contributed by atoms with E-state index in [4.69, 9.17) is 9.84 Å². The molecule has 104 valence electrons. The van der Waals surface area contributed by atoms with Crippen LogP contribution in [0.5, 0.6) is 5.75 Å². The van der Waals surface area contributed by atoms with E-state index in [9.17, 15) is 13.2 Å². The molecule has 6 nitrogen and oxygen atoms in total. The zero-order valence-corrected chi connectivity index (χ0v) is 11.3. The van der Waals surface area contributed by atoms with Crippen LogP contribution in [0.3, 0.4) is 0 Å². The predicted molar refractivity (Wildman–Crippen MR) is 69.9 cm³/mol. The molecule has 1 heterocycles. The second-order valence-electron chi connectivity index (χ2n) is 4.27. The Kier molecular flexibility index (Phi) is 3.66. The number of aliphatic carboxylic acids is 1. The van der Waals surface area contributed by atoms with Gasteiger partial charge in [0.2, 0.25) is 10.0 Å². The molecule has 1 aromatic rings. The Bertz CT molecular complexity index is 584. The third-order valence-electron chi connectivity index (χ3n) is 3.00. The van der Waals surface area contributed by atoms with Crippen LogP contribution in [-0.4, -0.2) is 37.9 Å². The fourth-order valence-corrected chi connectivity index (χ4v) is 3.32. The Morgan fingerprint density at radius 3 is 2.79 bits per heavy atom. The molecule has 0 aliphatic carbocycles. The first-order chi connectivity index (χ1) is 8.94. The Balaban J connectivity index is 2.48. The van der Waals surface area contributed by atoms with Gasteiger partial charge in [0.25, 0.3) is 0 Å². The zero-order chi connectivity index (χ0) is 14.0. The van der Waals surface area contributed by atoms with Crippen LogP contribution in [0.1, 0.15) is 13.3 Å². The molecule has 1 atom stereocenters. The van der Waals surface area contributed by atoms with Crippen LogP contribution in [0, 0.1) is 0 Å². The smallest absolute Gasteiger partial charge is 0.323 e. The molecule has 0 amide bonds. The maximum atomic E-state index is 12.3. The van der Waals surface area contributed by atoms with Crippen LogP contribution in [-0.2, 0) is 14.8 Å². The second-order valence-corrected chi connectivity index (χ2v) is 6.45. The number of sulfonamides is 1. The summed E-state index contributed by atoms with van der Waals surface area (Å²) in [4.78, 5) is 10.9. The summed E-state index contributed by atoms with van der Waals surface area (Å²) in [6.07, 6.45) is 0.514. The molecule has 0 fully saturated rings. The third-order valence-corrected chi connectivity index (χ3v) is 5.09. The van der Waals surface area contributed by atoms with Crippen molar-refractivity contribution in [3.05, 3.63) is 24.3 Å². The van der Waals surface area contributed by atoms with E-state index >= 15 is 0 Å². The van der Waals surface area contributed by atoms with Gasteiger partial charge in [-0.1, -0.05) is 12.1 Å². The predicted octanol–water partition coefficient (Wildman–Crippen LogP) is 1.08. The first kappa shape index (κ1) is 13.7. The normalized spacial score (nSPS) is 17.0. The molecule has 1 unspecified atom stereocenters. The number of ether oxygens (including phenoxy) is 1. The van der Waals surface area contributed by atoms with E-state index in [1.807, 2.05) is 0 Å². The van der Waals surface area contributed by atoms with Gasteiger partial charge in [0.1, 0.15) is 5.75 Å². The second kappa shape index (κ2) is 5.08. The largest absolute Gasteiger partial charge is 0.491 e. The van der Waals surface area contributed by atoms with E-state index in [2.05, 4.69) is 0 Å². The van der Waals surface area contributed by atoms with Crippen LogP contribution >= 0.6 is 0 Å². The molecule has 1 aliphatic rings. The van der Waals surface area contributed by atoms with Crippen molar-refractivity contribution in [2.75, 3.05) is 17.5 Å². The highest BCUT2D eigenvalue weighted by Crippen LogP contribution is 2.33. The van der Waals surface area contributed by atoms with Crippen molar-refractivity contribution in [1.82, 2.24) is 0 Å². The average molecular weight is 285 g/mol. The van der Waals surface area contributed by atoms with Gasteiger partial charge >= 0.3 is 5.97 Å². The summed E-state index contributed by atoms with van der Waals surface area (Å²) < 4.78 is 31.3. The Hall–Kier alpha value is -1.76. The van der Waals surface area contributed by atoms with E-state index in [1.54, 1.807) is 24.3 Å². The fourth-order valence-electron chi connectivity index (χ4n) is 1.88. The van der Waals surface area contributed by atoms with Crippen LogP contribution in [0.25, 0.3) is 0 Å². The highest BCUT2D eigenvalue weighted by Gasteiger charge is 2.35. The standard InChI is InChI=1S/C12H15NO5S/c1-9(12(14)15)19(16,17)13-7-4-8-18-11-6-3-2-5-10(11)13/h2-3,5-6,9H,4,7-8H2,1H3,(H,14,15). The molecule has 1 aromatic carbocycles. The summed E-state index contributed by atoms with van der Waals surface area (Å²) in [5.74, 6) is -0.899. The molecule has 0 saturated carbocycles. The van der Waals surface area contributed by atoms with Crippen molar-refractivity contribution in [1.29, 1.82) is 0 Å². The summed E-state index contributed by atoms with van der Waals surface area (Å²) in [5.41, 5.74) is 0.396. The quantitative estimate of drug-likeness (QED) is 0.898. The number of benzene rings is 1. The molecular formula is C12H15NO5S. The lowest BCUT2D eigenvalue weighted by molar-refractivity contribution is -0.136.